The number of halogens is 1. The monoisotopic (exact) mass is 358 g/mol. The van der Waals surface area contributed by atoms with Gasteiger partial charge in [-0.15, -0.1) is 0 Å². The first kappa shape index (κ1) is 17.2. The lowest BCUT2D eigenvalue weighted by Gasteiger charge is -2.35. The molecule has 1 aromatic carbocycles. The van der Waals surface area contributed by atoms with Gasteiger partial charge in [0.15, 0.2) is 0 Å². The van der Waals surface area contributed by atoms with Gasteiger partial charge in [-0.05, 0) is 36.8 Å². The highest BCUT2D eigenvalue weighted by atomic mass is 35.5. The van der Waals surface area contributed by atoms with E-state index in [9.17, 15) is 9.59 Å². The van der Waals surface area contributed by atoms with Crippen molar-refractivity contribution in [2.45, 2.75) is 6.92 Å². The third-order valence-corrected chi connectivity index (χ3v) is 4.66. The van der Waals surface area contributed by atoms with Crippen molar-refractivity contribution in [3.8, 4) is 0 Å². The Morgan fingerprint density at radius 1 is 1.08 bits per heavy atom. The summed E-state index contributed by atoms with van der Waals surface area (Å²) >= 11 is 6.04. The Morgan fingerprint density at radius 3 is 2.52 bits per heavy atom. The van der Waals surface area contributed by atoms with Crippen LogP contribution in [-0.4, -0.2) is 47.9 Å². The topological polar surface area (TPSA) is 65.5 Å². The molecule has 0 aliphatic carbocycles. The second-order valence-electron chi connectivity index (χ2n) is 5.83. The molecule has 2 aromatic rings. The Balaban J connectivity index is 1.59. The molecule has 1 aliphatic rings. The zero-order valence-corrected chi connectivity index (χ0v) is 14.7. The highest BCUT2D eigenvalue weighted by Crippen LogP contribution is 2.23. The summed E-state index contributed by atoms with van der Waals surface area (Å²) in [5.74, 6) is -0.287. The molecule has 1 saturated heterocycles. The summed E-state index contributed by atoms with van der Waals surface area (Å²) in [7, 11) is 0. The molecule has 2 heterocycles. The Bertz CT molecular complexity index is 774. The van der Waals surface area contributed by atoms with E-state index >= 15 is 0 Å². The molecular formula is C18H19ClN4O2. The van der Waals surface area contributed by atoms with Gasteiger partial charge in [0, 0.05) is 43.1 Å². The minimum absolute atomic E-state index is 0.483. The molecule has 1 fully saturated rings. The standard InChI is InChI=1S/C18H19ClN4O2/c1-13-14(19)5-4-6-15(13)21-17(24)18(25)23-11-9-22(10-12-23)16-7-2-3-8-20-16/h2-8H,9-12H2,1H3,(H,21,24). The number of carbonyl (C=O) groups excluding carboxylic acids is 2. The molecule has 1 N–H and O–H groups in total. The van der Waals surface area contributed by atoms with Gasteiger partial charge in [0.05, 0.1) is 0 Å². The van der Waals surface area contributed by atoms with Crippen molar-refractivity contribution in [3.05, 3.63) is 53.2 Å². The maximum Gasteiger partial charge on any atom is 0.313 e. The van der Waals surface area contributed by atoms with Crippen LogP contribution < -0.4 is 10.2 Å². The van der Waals surface area contributed by atoms with Gasteiger partial charge >= 0.3 is 11.8 Å². The quantitative estimate of drug-likeness (QED) is 0.837. The number of amides is 2. The molecule has 0 atom stereocenters. The zero-order valence-electron chi connectivity index (χ0n) is 13.9. The number of piperazine rings is 1. The number of pyridine rings is 1. The summed E-state index contributed by atoms with van der Waals surface area (Å²) in [5, 5.41) is 3.20. The number of hydrogen-bond donors (Lipinski definition) is 1. The number of rotatable bonds is 2. The van der Waals surface area contributed by atoms with Crippen molar-refractivity contribution in [1.82, 2.24) is 9.88 Å². The van der Waals surface area contributed by atoms with Crippen LogP contribution in [0.2, 0.25) is 5.02 Å². The molecular weight excluding hydrogens is 340 g/mol. The number of nitrogens with zero attached hydrogens (tertiary/aromatic N) is 3. The van der Waals surface area contributed by atoms with Gasteiger partial charge < -0.3 is 15.1 Å². The van der Waals surface area contributed by atoms with Crippen LogP contribution in [0.5, 0.6) is 0 Å². The van der Waals surface area contributed by atoms with Crippen molar-refractivity contribution in [2.75, 3.05) is 36.4 Å². The average Bonchev–Trinajstić information content (AvgIpc) is 2.65. The first-order chi connectivity index (χ1) is 12.1. The summed E-state index contributed by atoms with van der Waals surface area (Å²) in [6, 6.07) is 10.9. The molecule has 7 heteroatoms. The number of nitrogens with one attached hydrogen (secondary N) is 1. The van der Waals surface area contributed by atoms with Gasteiger partial charge in [0.2, 0.25) is 0 Å². The largest absolute Gasteiger partial charge is 0.353 e. The van der Waals surface area contributed by atoms with Crippen molar-refractivity contribution >= 4 is 34.9 Å². The number of hydrogen-bond acceptors (Lipinski definition) is 4. The SMILES string of the molecule is Cc1c(Cl)cccc1NC(=O)C(=O)N1CCN(c2ccccn2)CC1. The van der Waals surface area contributed by atoms with Crippen molar-refractivity contribution in [3.63, 3.8) is 0 Å². The van der Waals surface area contributed by atoms with Crippen LogP contribution in [0.25, 0.3) is 0 Å². The molecule has 0 radical (unpaired) electrons. The lowest BCUT2D eigenvalue weighted by atomic mass is 10.2. The number of anilines is 2. The van der Waals surface area contributed by atoms with Gasteiger partial charge in [0.25, 0.3) is 0 Å². The fourth-order valence-corrected chi connectivity index (χ4v) is 2.92. The predicted molar refractivity (Wildman–Crippen MR) is 97.8 cm³/mol. The van der Waals surface area contributed by atoms with Gasteiger partial charge in [-0.25, -0.2) is 4.98 Å². The van der Waals surface area contributed by atoms with Crippen LogP contribution in [0.15, 0.2) is 42.6 Å². The summed E-state index contributed by atoms with van der Waals surface area (Å²) < 4.78 is 0. The van der Waals surface area contributed by atoms with Crippen molar-refractivity contribution in [2.24, 2.45) is 0 Å². The lowest BCUT2D eigenvalue weighted by Crippen LogP contribution is -2.51. The van der Waals surface area contributed by atoms with Crippen LogP contribution in [0.3, 0.4) is 0 Å². The third kappa shape index (κ3) is 3.91. The van der Waals surface area contributed by atoms with E-state index in [-0.39, 0.29) is 0 Å². The van der Waals surface area contributed by atoms with E-state index in [1.807, 2.05) is 18.2 Å². The minimum atomic E-state index is -0.642. The molecule has 1 aromatic heterocycles. The molecule has 0 spiro atoms. The molecule has 0 bridgehead atoms. The molecule has 6 nitrogen and oxygen atoms in total. The Morgan fingerprint density at radius 2 is 1.84 bits per heavy atom. The molecule has 0 saturated carbocycles. The lowest BCUT2D eigenvalue weighted by molar-refractivity contribution is -0.143. The van der Waals surface area contributed by atoms with Gasteiger partial charge in [-0.2, -0.15) is 0 Å². The van der Waals surface area contributed by atoms with E-state index in [1.54, 1.807) is 36.2 Å². The van der Waals surface area contributed by atoms with Crippen LogP contribution >= 0.6 is 11.6 Å². The van der Waals surface area contributed by atoms with Gasteiger partial charge in [0.1, 0.15) is 5.82 Å². The second kappa shape index (κ2) is 7.53. The zero-order chi connectivity index (χ0) is 17.8. The summed E-state index contributed by atoms with van der Waals surface area (Å²) in [4.78, 5) is 32.6. The molecule has 1 aliphatic heterocycles. The van der Waals surface area contributed by atoms with Crippen LogP contribution in [0, 0.1) is 6.92 Å². The normalized spacial score (nSPS) is 14.3. The van der Waals surface area contributed by atoms with Crippen LogP contribution in [-0.2, 0) is 9.59 Å². The second-order valence-corrected chi connectivity index (χ2v) is 6.24. The summed E-state index contributed by atoms with van der Waals surface area (Å²) in [6.45, 7) is 4.06. The van der Waals surface area contributed by atoms with Gasteiger partial charge in [-0.1, -0.05) is 23.7 Å². The average molecular weight is 359 g/mol. The van der Waals surface area contributed by atoms with E-state index in [4.69, 9.17) is 11.6 Å². The Hall–Kier alpha value is -2.60. The summed E-state index contributed by atoms with van der Waals surface area (Å²) in [6.07, 6.45) is 1.74. The fraction of sp³-hybridized carbons (Fsp3) is 0.278. The maximum atomic E-state index is 12.4. The predicted octanol–water partition coefficient (Wildman–Crippen LogP) is 2.33. The van der Waals surface area contributed by atoms with E-state index in [0.717, 1.165) is 11.4 Å². The molecule has 0 unspecified atom stereocenters. The first-order valence-electron chi connectivity index (χ1n) is 8.07. The Labute approximate surface area is 151 Å². The maximum absolute atomic E-state index is 12.4. The number of carbonyl (C=O) groups is 2. The number of aromatic nitrogens is 1. The Kier molecular flexibility index (Phi) is 5.19. The van der Waals surface area contributed by atoms with Crippen LogP contribution in [0.4, 0.5) is 11.5 Å². The molecule has 25 heavy (non-hydrogen) atoms. The molecule has 2 amide bonds. The minimum Gasteiger partial charge on any atom is -0.353 e. The highest BCUT2D eigenvalue weighted by Gasteiger charge is 2.26. The van der Waals surface area contributed by atoms with Crippen LogP contribution in [0.1, 0.15) is 5.56 Å². The number of benzene rings is 1. The van der Waals surface area contributed by atoms with Crippen molar-refractivity contribution in [1.29, 1.82) is 0 Å². The molecule has 130 valence electrons. The highest BCUT2D eigenvalue weighted by molar-refractivity contribution is 6.40. The van der Waals surface area contributed by atoms with Crippen molar-refractivity contribution < 1.29 is 9.59 Å². The summed E-state index contributed by atoms with van der Waals surface area (Å²) in [5.41, 5.74) is 1.29. The van der Waals surface area contributed by atoms with Gasteiger partial charge in [-0.3, -0.25) is 9.59 Å². The molecule has 3 rings (SSSR count). The van der Waals surface area contributed by atoms with E-state index < -0.39 is 11.8 Å². The van der Waals surface area contributed by atoms with E-state index in [1.165, 1.54) is 0 Å². The fourth-order valence-electron chi connectivity index (χ4n) is 2.74. The third-order valence-electron chi connectivity index (χ3n) is 4.25. The van der Waals surface area contributed by atoms with E-state index in [2.05, 4.69) is 15.2 Å². The first-order valence-corrected chi connectivity index (χ1v) is 8.45. The smallest absolute Gasteiger partial charge is 0.313 e. The van der Waals surface area contributed by atoms with E-state index in [0.29, 0.717) is 36.9 Å².